The van der Waals surface area contributed by atoms with Crippen molar-refractivity contribution in [3.63, 3.8) is 0 Å². The highest BCUT2D eigenvalue weighted by Gasteiger charge is 2.17. The fourth-order valence-electron chi connectivity index (χ4n) is 2.10. The molecule has 0 bridgehead atoms. The molecule has 1 saturated heterocycles. The van der Waals surface area contributed by atoms with E-state index in [1.807, 2.05) is 18.2 Å². The van der Waals surface area contributed by atoms with Gasteiger partial charge in [0.2, 0.25) is 0 Å². The zero-order valence-electron chi connectivity index (χ0n) is 8.82. The summed E-state index contributed by atoms with van der Waals surface area (Å²) < 4.78 is 0. The van der Waals surface area contributed by atoms with Crippen molar-refractivity contribution >= 4 is 11.6 Å². The normalized spacial score (nSPS) is 22.9. The zero-order chi connectivity index (χ0) is 10.7. The Morgan fingerprint density at radius 2 is 2.20 bits per heavy atom. The van der Waals surface area contributed by atoms with Crippen LogP contribution in [-0.2, 0) is 6.54 Å². The van der Waals surface area contributed by atoms with Crippen LogP contribution < -0.4 is 5.73 Å². The van der Waals surface area contributed by atoms with Gasteiger partial charge in [-0.25, -0.2) is 0 Å². The van der Waals surface area contributed by atoms with Gasteiger partial charge in [-0.3, -0.25) is 4.90 Å². The first kappa shape index (κ1) is 10.9. The van der Waals surface area contributed by atoms with Gasteiger partial charge in [0, 0.05) is 24.2 Å². The van der Waals surface area contributed by atoms with Gasteiger partial charge in [0.05, 0.1) is 0 Å². The van der Waals surface area contributed by atoms with E-state index in [1.165, 1.54) is 12.0 Å². The van der Waals surface area contributed by atoms with E-state index < -0.39 is 0 Å². The summed E-state index contributed by atoms with van der Waals surface area (Å²) >= 11 is 6.12. The highest BCUT2D eigenvalue weighted by Crippen LogP contribution is 2.19. The molecule has 2 N–H and O–H groups in total. The molecule has 2 nitrogen and oxygen atoms in total. The molecule has 0 saturated carbocycles. The molecular weight excluding hydrogens is 208 g/mol. The van der Waals surface area contributed by atoms with Crippen LogP contribution in [0, 0.1) is 0 Å². The Hall–Kier alpha value is -0.570. The molecule has 0 radical (unpaired) electrons. The molecule has 15 heavy (non-hydrogen) atoms. The van der Waals surface area contributed by atoms with Gasteiger partial charge in [-0.15, -0.1) is 0 Å². The van der Waals surface area contributed by atoms with Gasteiger partial charge in [0.15, 0.2) is 0 Å². The zero-order valence-corrected chi connectivity index (χ0v) is 9.58. The Kier molecular flexibility index (Phi) is 3.62. The average molecular weight is 225 g/mol. The molecule has 0 unspecified atom stereocenters. The summed E-state index contributed by atoms with van der Waals surface area (Å²) in [5.41, 5.74) is 7.14. The van der Waals surface area contributed by atoms with Crippen LogP contribution in [0.5, 0.6) is 0 Å². The van der Waals surface area contributed by atoms with Gasteiger partial charge in [-0.05, 0) is 31.0 Å². The first-order valence-corrected chi connectivity index (χ1v) is 5.85. The van der Waals surface area contributed by atoms with Crippen molar-refractivity contribution < 1.29 is 0 Å². The first-order chi connectivity index (χ1) is 7.25. The largest absolute Gasteiger partial charge is 0.327 e. The number of rotatable bonds is 2. The molecule has 0 spiro atoms. The van der Waals surface area contributed by atoms with E-state index in [2.05, 4.69) is 11.0 Å². The number of piperidine rings is 1. The van der Waals surface area contributed by atoms with E-state index >= 15 is 0 Å². The topological polar surface area (TPSA) is 29.3 Å². The number of nitrogens with zero attached hydrogens (tertiary/aromatic N) is 1. The fourth-order valence-corrected chi connectivity index (χ4v) is 2.30. The summed E-state index contributed by atoms with van der Waals surface area (Å²) in [5, 5.41) is 0.858. The number of hydrogen-bond acceptors (Lipinski definition) is 2. The van der Waals surface area contributed by atoms with Crippen molar-refractivity contribution in [1.82, 2.24) is 4.90 Å². The van der Waals surface area contributed by atoms with Gasteiger partial charge in [-0.2, -0.15) is 0 Å². The lowest BCUT2D eigenvalue weighted by molar-refractivity contribution is 0.201. The number of hydrogen-bond donors (Lipinski definition) is 1. The van der Waals surface area contributed by atoms with E-state index in [4.69, 9.17) is 17.3 Å². The summed E-state index contributed by atoms with van der Waals surface area (Å²) in [6, 6.07) is 8.36. The van der Waals surface area contributed by atoms with Gasteiger partial charge in [0.25, 0.3) is 0 Å². The molecule has 1 aromatic carbocycles. The third kappa shape index (κ3) is 2.94. The quantitative estimate of drug-likeness (QED) is 0.835. The van der Waals surface area contributed by atoms with E-state index in [9.17, 15) is 0 Å². The van der Waals surface area contributed by atoms with E-state index in [0.717, 1.165) is 31.1 Å². The van der Waals surface area contributed by atoms with Crippen molar-refractivity contribution in [2.45, 2.75) is 25.4 Å². The lowest BCUT2D eigenvalue weighted by Crippen LogP contribution is -2.42. The second-order valence-corrected chi connectivity index (χ2v) is 4.64. The van der Waals surface area contributed by atoms with Crippen LogP contribution in [0.2, 0.25) is 5.02 Å². The Bertz CT molecular complexity index is 327. The second kappa shape index (κ2) is 4.97. The molecule has 1 atom stereocenters. The van der Waals surface area contributed by atoms with Crippen LogP contribution in [0.4, 0.5) is 0 Å². The molecule has 1 fully saturated rings. The molecule has 3 heteroatoms. The average Bonchev–Trinajstić information content (AvgIpc) is 2.22. The lowest BCUT2D eigenvalue weighted by Gasteiger charge is -2.30. The summed E-state index contributed by atoms with van der Waals surface area (Å²) in [5.74, 6) is 0. The maximum atomic E-state index is 6.12. The van der Waals surface area contributed by atoms with Gasteiger partial charge in [0.1, 0.15) is 0 Å². The molecule has 1 aromatic rings. The predicted octanol–water partition coefficient (Wildman–Crippen LogP) is 2.26. The Labute approximate surface area is 96.0 Å². The van der Waals surface area contributed by atoms with E-state index in [-0.39, 0.29) is 0 Å². The molecule has 1 aliphatic heterocycles. The van der Waals surface area contributed by atoms with Gasteiger partial charge in [-0.1, -0.05) is 29.8 Å². The SMILES string of the molecule is N[C@@H]1CCCN(Cc2ccccc2Cl)C1. The molecule has 0 amide bonds. The second-order valence-electron chi connectivity index (χ2n) is 4.23. The van der Waals surface area contributed by atoms with E-state index in [0.29, 0.717) is 6.04 Å². The van der Waals surface area contributed by atoms with Crippen LogP contribution in [0.25, 0.3) is 0 Å². The summed E-state index contributed by atoms with van der Waals surface area (Å²) in [6.45, 7) is 3.05. The highest BCUT2D eigenvalue weighted by molar-refractivity contribution is 6.31. The third-order valence-corrected chi connectivity index (χ3v) is 3.26. The number of halogens is 1. The van der Waals surface area contributed by atoms with Crippen LogP contribution in [0.15, 0.2) is 24.3 Å². The maximum Gasteiger partial charge on any atom is 0.0451 e. The summed E-state index contributed by atoms with van der Waals surface area (Å²) in [4.78, 5) is 2.38. The molecule has 2 rings (SSSR count). The molecule has 1 aliphatic rings. The number of likely N-dealkylation sites (tertiary alicyclic amines) is 1. The van der Waals surface area contributed by atoms with Gasteiger partial charge < -0.3 is 5.73 Å². The molecular formula is C12H17ClN2. The summed E-state index contributed by atoms with van der Waals surface area (Å²) in [7, 11) is 0. The lowest BCUT2D eigenvalue weighted by atomic mass is 10.1. The fraction of sp³-hybridized carbons (Fsp3) is 0.500. The molecule has 82 valence electrons. The minimum Gasteiger partial charge on any atom is -0.327 e. The minimum absolute atomic E-state index is 0.334. The number of nitrogens with two attached hydrogens (primary N) is 1. The smallest absolute Gasteiger partial charge is 0.0451 e. The maximum absolute atomic E-state index is 6.12. The molecule has 0 aliphatic carbocycles. The Morgan fingerprint density at radius 1 is 1.40 bits per heavy atom. The van der Waals surface area contributed by atoms with Crippen LogP contribution >= 0.6 is 11.6 Å². The third-order valence-electron chi connectivity index (χ3n) is 2.89. The van der Waals surface area contributed by atoms with Crippen LogP contribution in [0.3, 0.4) is 0 Å². The van der Waals surface area contributed by atoms with Crippen LogP contribution in [0.1, 0.15) is 18.4 Å². The van der Waals surface area contributed by atoms with Gasteiger partial charge >= 0.3 is 0 Å². The standard InChI is InChI=1S/C12H17ClN2/c13-12-6-2-1-4-10(12)8-15-7-3-5-11(14)9-15/h1-2,4,6,11H,3,5,7-9,14H2/t11-/m1/s1. The first-order valence-electron chi connectivity index (χ1n) is 5.47. The van der Waals surface area contributed by atoms with Crippen molar-refractivity contribution in [2.24, 2.45) is 5.73 Å². The highest BCUT2D eigenvalue weighted by atomic mass is 35.5. The summed E-state index contributed by atoms with van der Waals surface area (Å²) in [6.07, 6.45) is 2.35. The van der Waals surface area contributed by atoms with E-state index in [1.54, 1.807) is 0 Å². The molecule has 1 heterocycles. The number of benzene rings is 1. The Balaban J connectivity index is 1.99. The van der Waals surface area contributed by atoms with Crippen molar-refractivity contribution in [3.05, 3.63) is 34.9 Å². The van der Waals surface area contributed by atoms with Crippen molar-refractivity contribution in [2.75, 3.05) is 13.1 Å². The van der Waals surface area contributed by atoms with Crippen LogP contribution in [-0.4, -0.2) is 24.0 Å². The van der Waals surface area contributed by atoms with Crippen molar-refractivity contribution in [1.29, 1.82) is 0 Å². The van der Waals surface area contributed by atoms with Crippen molar-refractivity contribution in [3.8, 4) is 0 Å². The predicted molar refractivity (Wildman–Crippen MR) is 63.9 cm³/mol. The Morgan fingerprint density at radius 3 is 2.93 bits per heavy atom. The molecule has 0 aromatic heterocycles. The monoisotopic (exact) mass is 224 g/mol. The minimum atomic E-state index is 0.334.